The summed E-state index contributed by atoms with van der Waals surface area (Å²) in [4.78, 5) is 12.6. The Bertz CT molecular complexity index is 705. The minimum absolute atomic E-state index is 0.0116. The van der Waals surface area contributed by atoms with E-state index in [1.807, 2.05) is 23.9 Å². The highest BCUT2D eigenvalue weighted by Crippen LogP contribution is 2.23. The third kappa shape index (κ3) is 3.15. The predicted molar refractivity (Wildman–Crippen MR) is 90.0 cm³/mol. The molecular weight excluding hydrogens is 288 g/mol. The van der Waals surface area contributed by atoms with Crippen LogP contribution in [0.5, 0.6) is 0 Å². The van der Waals surface area contributed by atoms with Crippen LogP contribution in [-0.2, 0) is 24.8 Å². The SMILES string of the molecule is CC(C)c1ccccc1CNC(=O)C1NCCc2c1cnn2C. The molecule has 0 saturated heterocycles. The van der Waals surface area contributed by atoms with Crippen molar-refractivity contribution in [3.63, 3.8) is 0 Å². The summed E-state index contributed by atoms with van der Waals surface area (Å²) in [5, 5.41) is 10.7. The zero-order chi connectivity index (χ0) is 16.4. The second kappa shape index (κ2) is 6.54. The van der Waals surface area contributed by atoms with Crippen LogP contribution in [0.15, 0.2) is 30.5 Å². The molecule has 0 spiro atoms. The zero-order valence-corrected chi connectivity index (χ0v) is 14.0. The number of aryl methyl sites for hydroxylation is 1. The summed E-state index contributed by atoms with van der Waals surface area (Å²) >= 11 is 0. The average Bonchev–Trinajstić information content (AvgIpc) is 2.94. The Hall–Kier alpha value is -2.14. The van der Waals surface area contributed by atoms with E-state index in [4.69, 9.17) is 0 Å². The summed E-state index contributed by atoms with van der Waals surface area (Å²) in [5.41, 5.74) is 4.60. The standard InChI is InChI=1S/C18H24N4O/c1-12(2)14-7-5-4-6-13(14)10-20-18(23)17-15-11-21-22(3)16(15)8-9-19-17/h4-7,11-12,17,19H,8-10H2,1-3H3,(H,20,23). The van der Waals surface area contributed by atoms with Crippen LogP contribution in [0.2, 0.25) is 0 Å². The highest BCUT2D eigenvalue weighted by molar-refractivity contribution is 5.83. The molecule has 0 saturated carbocycles. The van der Waals surface area contributed by atoms with E-state index < -0.39 is 0 Å². The number of aromatic nitrogens is 2. The Labute approximate surface area is 137 Å². The van der Waals surface area contributed by atoms with E-state index in [9.17, 15) is 4.79 Å². The molecule has 2 N–H and O–H groups in total. The molecule has 0 aliphatic carbocycles. The molecule has 23 heavy (non-hydrogen) atoms. The number of nitrogens with zero attached hydrogens (tertiary/aromatic N) is 2. The number of hydrogen-bond acceptors (Lipinski definition) is 3. The second-order valence-corrected chi connectivity index (χ2v) is 6.38. The fourth-order valence-electron chi connectivity index (χ4n) is 3.25. The molecule has 2 aromatic rings. The number of rotatable bonds is 4. The van der Waals surface area contributed by atoms with E-state index in [-0.39, 0.29) is 11.9 Å². The molecule has 1 amide bonds. The van der Waals surface area contributed by atoms with Gasteiger partial charge in [0.15, 0.2) is 0 Å². The van der Waals surface area contributed by atoms with Crippen molar-refractivity contribution in [3.8, 4) is 0 Å². The molecule has 5 nitrogen and oxygen atoms in total. The van der Waals surface area contributed by atoms with Gasteiger partial charge >= 0.3 is 0 Å². The molecule has 1 atom stereocenters. The minimum atomic E-state index is -0.307. The van der Waals surface area contributed by atoms with E-state index >= 15 is 0 Å². The van der Waals surface area contributed by atoms with E-state index in [2.05, 4.69) is 41.7 Å². The summed E-state index contributed by atoms with van der Waals surface area (Å²) in [5.74, 6) is 0.457. The molecule has 0 bridgehead atoms. The smallest absolute Gasteiger partial charge is 0.242 e. The molecule has 122 valence electrons. The second-order valence-electron chi connectivity index (χ2n) is 6.38. The van der Waals surface area contributed by atoms with Crippen molar-refractivity contribution in [2.75, 3.05) is 6.54 Å². The van der Waals surface area contributed by atoms with Crippen LogP contribution >= 0.6 is 0 Å². The molecule has 0 radical (unpaired) electrons. The molecule has 5 heteroatoms. The molecule has 1 aliphatic rings. The summed E-state index contributed by atoms with van der Waals surface area (Å²) in [6.07, 6.45) is 2.71. The van der Waals surface area contributed by atoms with Gasteiger partial charge in [-0.05, 0) is 17.0 Å². The maximum absolute atomic E-state index is 12.6. The van der Waals surface area contributed by atoms with Crippen molar-refractivity contribution in [1.29, 1.82) is 0 Å². The molecule has 0 fully saturated rings. The first-order valence-electron chi connectivity index (χ1n) is 8.17. The first kappa shape index (κ1) is 15.7. The van der Waals surface area contributed by atoms with Crippen LogP contribution < -0.4 is 10.6 Å². The van der Waals surface area contributed by atoms with Crippen LogP contribution in [0, 0.1) is 0 Å². The lowest BCUT2D eigenvalue weighted by Crippen LogP contribution is -2.41. The van der Waals surface area contributed by atoms with Crippen molar-refractivity contribution in [3.05, 3.63) is 52.8 Å². The van der Waals surface area contributed by atoms with Crippen LogP contribution in [-0.4, -0.2) is 22.2 Å². The van der Waals surface area contributed by atoms with Crippen molar-refractivity contribution in [2.45, 2.75) is 38.8 Å². The minimum Gasteiger partial charge on any atom is -0.350 e. The normalized spacial score (nSPS) is 17.1. The van der Waals surface area contributed by atoms with Gasteiger partial charge in [0, 0.05) is 37.8 Å². The van der Waals surface area contributed by atoms with Gasteiger partial charge in [-0.15, -0.1) is 0 Å². The van der Waals surface area contributed by atoms with Gasteiger partial charge in [0.2, 0.25) is 5.91 Å². The van der Waals surface area contributed by atoms with Crippen molar-refractivity contribution in [2.24, 2.45) is 7.05 Å². The fourth-order valence-corrected chi connectivity index (χ4v) is 3.25. The Balaban J connectivity index is 1.72. The largest absolute Gasteiger partial charge is 0.350 e. The van der Waals surface area contributed by atoms with E-state index in [1.165, 1.54) is 11.1 Å². The summed E-state index contributed by atoms with van der Waals surface area (Å²) in [7, 11) is 1.93. The van der Waals surface area contributed by atoms with Crippen LogP contribution in [0.3, 0.4) is 0 Å². The number of amides is 1. The van der Waals surface area contributed by atoms with E-state index in [0.717, 1.165) is 24.2 Å². The van der Waals surface area contributed by atoms with Crippen molar-refractivity contribution < 1.29 is 4.79 Å². The van der Waals surface area contributed by atoms with Crippen LogP contribution in [0.25, 0.3) is 0 Å². The lowest BCUT2D eigenvalue weighted by atomic mass is 9.97. The monoisotopic (exact) mass is 312 g/mol. The third-order valence-electron chi connectivity index (χ3n) is 4.51. The van der Waals surface area contributed by atoms with Gasteiger partial charge in [0.1, 0.15) is 6.04 Å². The Morgan fingerprint density at radius 1 is 1.43 bits per heavy atom. The number of fused-ring (bicyclic) bond motifs is 1. The number of hydrogen-bond donors (Lipinski definition) is 2. The summed E-state index contributed by atoms with van der Waals surface area (Å²) in [6.45, 7) is 5.70. The number of benzene rings is 1. The molecule has 1 aromatic heterocycles. The van der Waals surface area contributed by atoms with E-state index in [0.29, 0.717) is 12.5 Å². The van der Waals surface area contributed by atoms with Gasteiger partial charge < -0.3 is 10.6 Å². The quantitative estimate of drug-likeness (QED) is 0.908. The maximum atomic E-state index is 12.6. The van der Waals surface area contributed by atoms with Crippen molar-refractivity contribution in [1.82, 2.24) is 20.4 Å². The highest BCUT2D eigenvalue weighted by atomic mass is 16.2. The lowest BCUT2D eigenvalue weighted by Gasteiger charge is -2.24. The Morgan fingerprint density at radius 3 is 3.00 bits per heavy atom. The predicted octanol–water partition coefficient (Wildman–Crippen LogP) is 2.05. The number of carbonyl (C=O) groups is 1. The molecule has 1 aliphatic heterocycles. The number of nitrogens with one attached hydrogen (secondary N) is 2. The Kier molecular flexibility index (Phi) is 4.48. The average molecular weight is 312 g/mol. The molecule has 2 heterocycles. The van der Waals surface area contributed by atoms with Gasteiger partial charge in [-0.25, -0.2) is 0 Å². The zero-order valence-electron chi connectivity index (χ0n) is 14.0. The van der Waals surface area contributed by atoms with Crippen LogP contribution in [0.1, 0.15) is 48.2 Å². The van der Waals surface area contributed by atoms with Gasteiger partial charge in [0.25, 0.3) is 0 Å². The van der Waals surface area contributed by atoms with Gasteiger partial charge in [-0.1, -0.05) is 38.1 Å². The fraction of sp³-hybridized carbons (Fsp3) is 0.444. The lowest BCUT2D eigenvalue weighted by molar-refractivity contribution is -0.123. The van der Waals surface area contributed by atoms with Gasteiger partial charge in [-0.2, -0.15) is 5.10 Å². The third-order valence-corrected chi connectivity index (χ3v) is 4.51. The Morgan fingerprint density at radius 2 is 2.22 bits per heavy atom. The van der Waals surface area contributed by atoms with Gasteiger partial charge in [-0.3, -0.25) is 9.48 Å². The summed E-state index contributed by atoms with van der Waals surface area (Å²) < 4.78 is 1.87. The van der Waals surface area contributed by atoms with E-state index in [1.54, 1.807) is 6.20 Å². The van der Waals surface area contributed by atoms with Crippen LogP contribution in [0.4, 0.5) is 0 Å². The molecule has 3 rings (SSSR count). The summed E-state index contributed by atoms with van der Waals surface area (Å²) in [6, 6.07) is 7.97. The maximum Gasteiger partial charge on any atom is 0.242 e. The highest BCUT2D eigenvalue weighted by Gasteiger charge is 2.28. The molecule has 1 aromatic carbocycles. The molecule has 1 unspecified atom stereocenters. The van der Waals surface area contributed by atoms with Crippen molar-refractivity contribution >= 4 is 5.91 Å². The first-order chi connectivity index (χ1) is 11.1. The first-order valence-corrected chi connectivity index (χ1v) is 8.17. The molecular formula is C18H24N4O. The topological polar surface area (TPSA) is 59.0 Å². The number of carbonyl (C=O) groups excluding carboxylic acids is 1. The van der Waals surface area contributed by atoms with Gasteiger partial charge in [0.05, 0.1) is 6.20 Å².